The van der Waals surface area contributed by atoms with E-state index in [-0.39, 0.29) is 6.10 Å². The van der Waals surface area contributed by atoms with Crippen LogP contribution < -0.4 is 0 Å². The average molecular weight is 274 g/mol. The van der Waals surface area contributed by atoms with Crippen molar-refractivity contribution >= 4 is 5.57 Å². The summed E-state index contributed by atoms with van der Waals surface area (Å²) >= 11 is 0. The van der Waals surface area contributed by atoms with Gasteiger partial charge < -0.3 is 4.74 Å². The predicted molar refractivity (Wildman–Crippen MR) is 85.6 cm³/mol. The van der Waals surface area contributed by atoms with E-state index in [1.54, 1.807) is 0 Å². The highest BCUT2D eigenvalue weighted by atomic mass is 16.5. The van der Waals surface area contributed by atoms with Crippen LogP contribution >= 0.6 is 0 Å². The summed E-state index contributed by atoms with van der Waals surface area (Å²) in [6, 6.07) is 21.2. The number of hydrogen-bond acceptors (Lipinski definition) is 1. The average Bonchev–Trinajstić information content (AvgIpc) is 2.58. The lowest BCUT2D eigenvalue weighted by molar-refractivity contribution is 0.0780. The monoisotopic (exact) mass is 274 g/mol. The van der Waals surface area contributed by atoms with Crippen LogP contribution in [0.5, 0.6) is 0 Å². The van der Waals surface area contributed by atoms with Gasteiger partial charge in [0.2, 0.25) is 0 Å². The van der Waals surface area contributed by atoms with E-state index < -0.39 is 0 Å². The van der Waals surface area contributed by atoms with Crippen molar-refractivity contribution in [1.29, 1.82) is 0 Å². The van der Waals surface area contributed by atoms with E-state index in [4.69, 9.17) is 4.74 Å². The van der Waals surface area contributed by atoms with E-state index in [0.717, 1.165) is 12.2 Å². The van der Waals surface area contributed by atoms with Crippen LogP contribution in [0, 0.1) is 5.92 Å². The molecule has 1 fully saturated rings. The van der Waals surface area contributed by atoms with Gasteiger partial charge in [-0.15, -0.1) is 0 Å². The van der Waals surface area contributed by atoms with Crippen LogP contribution in [0.2, 0.25) is 0 Å². The number of fused-ring (bicyclic) bond motifs is 2. The van der Waals surface area contributed by atoms with Gasteiger partial charge in [-0.05, 0) is 30.0 Å². The molecule has 1 saturated heterocycles. The fourth-order valence-electron chi connectivity index (χ4n) is 3.27. The first kappa shape index (κ1) is 12.5. The standard InChI is InChI=1S/C20H18O/c1-3-7-15(8-4-1)19(16-9-5-2-6-10-16)20-17-11-13-18(21-20)14-12-17/h1-11,13,17-18H,12,14H2/t17-,18+/m1/s1. The summed E-state index contributed by atoms with van der Waals surface area (Å²) in [5.41, 5.74) is 3.72. The maximum atomic E-state index is 6.25. The fourth-order valence-corrected chi connectivity index (χ4v) is 3.27. The van der Waals surface area contributed by atoms with E-state index in [0.29, 0.717) is 5.92 Å². The molecule has 0 N–H and O–H groups in total. The Hall–Kier alpha value is -2.28. The topological polar surface area (TPSA) is 9.23 Å². The molecule has 0 unspecified atom stereocenters. The molecule has 2 bridgehead atoms. The van der Waals surface area contributed by atoms with Gasteiger partial charge in [0.05, 0.1) is 0 Å². The second-order valence-electron chi connectivity index (χ2n) is 5.70. The molecule has 2 aromatic rings. The van der Waals surface area contributed by atoms with Gasteiger partial charge in [0.1, 0.15) is 11.9 Å². The molecule has 3 aliphatic rings. The van der Waals surface area contributed by atoms with Crippen molar-refractivity contribution in [3.63, 3.8) is 0 Å². The van der Waals surface area contributed by atoms with E-state index >= 15 is 0 Å². The third-order valence-electron chi connectivity index (χ3n) is 4.31. The van der Waals surface area contributed by atoms with Gasteiger partial charge >= 0.3 is 0 Å². The molecule has 0 aromatic heterocycles. The Morgan fingerprint density at radius 3 is 1.81 bits per heavy atom. The van der Waals surface area contributed by atoms with Crippen molar-refractivity contribution in [1.82, 2.24) is 0 Å². The Kier molecular flexibility index (Phi) is 3.11. The molecule has 0 amide bonds. The lowest BCUT2D eigenvalue weighted by Gasteiger charge is -2.35. The zero-order valence-electron chi connectivity index (χ0n) is 11.9. The van der Waals surface area contributed by atoms with E-state index in [9.17, 15) is 0 Å². The van der Waals surface area contributed by atoms with Gasteiger partial charge in [0.15, 0.2) is 0 Å². The van der Waals surface area contributed by atoms with Crippen LogP contribution in [-0.4, -0.2) is 6.10 Å². The van der Waals surface area contributed by atoms with Gasteiger partial charge in [-0.2, -0.15) is 0 Å². The van der Waals surface area contributed by atoms with Crippen LogP contribution in [0.1, 0.15) is 24.0 Å². The van der Waals surface area contributed by atoms with Crippen LogP contribution in [0.15, 0.2) is 78.6 Å². The minimum Gasteiger partial charge on any atom is -0.489 e. The van der Waals surface area contributed by atoms with Crippen molar-refractivity contribution in [2.24, 2.45) is 5.92 Å². The first-order valence-corrected chi connectivity index (χ1v) is 7.62. The van der Waals surface area contributed by atoms with Gasteiger partial charge in [-0.1, -0.05) is 66.7 Å². The van der Waals surface area contributed by atoms with Gasteiger partial charge in [0, 0.05) is 11.5 Å². The quantitative estimate of drug-likeness (QED) is 0.714. The summed E-state index contributed by atoms with van der Waals surface area (Å²) in [4.78, 5) is 0. The molecule has 0 saturated carbocycles. The van der Waals surface area contributed by atoms with Crippen molar-refractivity contribution in [2.45, 2.75) is 18.9 Å². The van der Waals surface area contributed by atoms with Crippen LogP contribution in [0.4, 0.5) is 0 Å². The van der Waals surface area contributed by atoms with Gasteiger partial charge in [0.25, 0.3) is 0 Å². The lowest BCUT2D eigenvalue weighted by Crippen LogP contribution is -2.27. The summed E-state index contributed by atoms with van der Waals surface area (Å²) in [6.07, 6.45) is 7.12. The molecule has 0 radical (unpaired) electrons. The number of benzene rings is 2. The molecule has 2 aliphatic heterocycles. The highest BCUT2D eigenvalue weighted by Crippen LogP contribution is 2.41. The second-order valence-corrected chi connectivity index (χ2v) is 5.70. The lowest BCUT2D eigenvalue weighted by atomic mass is 9.84. The molecular weight excluding hydrogens is 256 g/mol. The molecule has 2 aromatic carbocycles. The SMILES string of the molecule is C1=C[C@H]2CC[C@@H]1C(=C(c1ccccc1)c1ccccc1)O2. The maximum Gasteiger partial charge on any atom is 0.116 e. The highest BCUT2D eigenvalue weighted by molar-refractivity contribution is 5.81. The smallest absolute Gasteiger partial charge is 0.116 e. The minimum atomic E-state index is 0.257. The number of rotatable bonds is 2. The Bertz CT molecular complexity index is 641. The van der Waals surface area contributed by atoms with E-state index in [2.05, 4.69) is 72.8 Å². The third kappa shape index (κ3) is 2.29. The Morgan fingerprint density at radius 1 is 0.762 bits per heavy atom. The number of allylic oxidation sites excluding steroid dienone is 1. The van der Waals surface area contributed by atoms with Gasteiger partial charge in [-0.25, -0.2) is 0 Å². The molecule has 2 heterocycles. The summed E-state index contributed by atoms with van der Waals surface area (Å²) in [6.45, 7) is 0. The molecule has 2 atom stereocenters. The minimum absolute atomic E-state index is 0.257. The van der Waals surface area contributed by atoms with Crippen molar-refractivity contribution < 1.29 is 4.74 Å². The summed E-state index contributed by atoms with van der Waals surface area (Å²) in [7, 11) is 0. The summed E-state index contributed by atoms with van der Waals surface area (Å²) in [5.74, 6) is 1.57. The normalized spacial score (nSPS) is 23.0. The molecule has 5 rings (SSSR count). The summed E-state index contributed by atoms with van der Waals surface area (Å²) in [5, 5.41) is 0. The van der Waals surface area contributed by atoms with Crippen molar-refractivity contribution in [3.8, 4) is 0 Å². The highest BCUT2D eigenvalue weighted by Gasteiger charge is 2.31. The Morgan fingerprint density at radius 2 is 1.38 bits per heavy atom. The first-order valence-electron chi connectivity index (χ1n) is 7.62. The van der Waals surface area contributed by atoms with Crippen molar-refractivity contribution in [2.75, 3.05) is 0 Å². The Balaban J connectivity index is 1.91. The first-order chi connectivity index (χ1) is 10.4. The molecular formula is C20H18O. The molecule has 0 spiro atoms. The fraction of sp³-hybridized carbons (Fsp3) is 0.200. The molecule has 104 valence electrons. The van der Waals surface area contributed by atoms with E-state index in [1.165, 1.54) is 23.1 Å². The van der Waals surface area contributed by atoms with Crippen LogP contribution in [-0.2, 0) is 4.74 Å². The van der Waals surface area contributed by atoms with Crippen molar-refractivity contribution in [3.05, 3.63) is 89.7 Å². The predicted octanol–water partition coefficient (Wildman–Crippen LogP) is 4.81. The van der Waals surface area contributed by atoms with Gasteiger partial charge in [-0.3, -0.25) is 0 Å². The third-order valence-corrected chi connectivity index (χ3v) is 4.31. The zero-order chi connectivity index (χ0) is 14.1. The van der Waals surface area contributed by atoms with Crippen LogP contribution in [0.25, 0.3) is 5.57 Å². The van der Waals surface area contributed by atoms with Crippen LogP contribution in [0.3, 0.4) is 0 Å². The number of hydrogen-bond donors (Lipinski definition) is 0. The zero-order valence-corrected chi connectivity index (χ0v) is 11.9. The maximum absolute atomic E-state index is 6.25. The Labute approximate surface area is 125 Å². The number of ether oxygens (including phenoxy) is 1. The largest absolute Gasteiger partial charge is 0.489 e. The van der Waals surface area contributed by atoms with E-state index in [1.807, 2.05) is 0 Å². The molecule has 1 aliphatic carbocycles. The molecule has 1 heteroatoms. The summed E-state index contributed by atoms with van der Waals surface area (Å²) < 4.78 is 6.25. The molecule has 21 heavy (non-hydrogen) atoms. The second kappa shape index (κ2) is 5.25. The molecule has 1 nitrogen and oxygen atoms in total.